The van der Waals surface area contributed by atoms with Gasteiger partial charge in [-0.15, -0.1) is 0 Å². The number of hydrogen-bond donors (Lipinski definition) is 0. The second kappa shape index (κ2) is 5.70. The number of halogens is 1. The Bertz CT molecular complexity index is 1090. The molecule has 4 aromatic carbocycles. The molecule has 1 aliphatic rings. The molecule has 0 nitrogen and oxygen atoms in total. The van der Waals surface area contributed by atoms with Gasteiger partial charge in [-0.1, -0.05) is 54.6 Å². The molecule has 0 bridgehead atoms. The highest BCUT2D eigenvalue weighted by Crippen LogP contribution is 2.36. The van der Waals surface area contributed by atoms with Gasteiger partial charge in [0.1, 0.15) is 5.82 Å². The van der Waals surface area contributed by atoms with Crippen molar-refractivity contribution in [1.82, 2.24) is 0 Å². The van der Waals surface area contributed by atoms with E-state index in [0.717, 1.165) is 11.1 Å². The van der Waals surface area contributed by atoms with Crippen molar-refractivity contribution >= 4 is 21.5 Å². The molecule has 0 aliphatic heterocycles. The zero-order valence-corrected chi connectivity index (χ0v) is 14.1. The molecule has 0 amide bonds. The van der Waals surface area contributed by atoms with Crippen LogP contribution in [0, 0.1) is 5.82 Å². The molecule has 1 aliphatic carbocycles. The molecule has 0 radical (unpaired) electrons. The second-order valence-corrected chi connectivity index (χ2v) is 6.98. The van der Waals surface area contributed by atoms with Crippen molar-refractivity contribution < 1.29 is 4.39 Å². The monoisotopic (exact) mass is 326 g/mol. The van der Waals surface area contributed by atoms with Gasteiger partial charge in [-0.3, -0.25) is 0 Å². The largest absolute Gasteiger partial charge is 0.207 e. The highest BCUT2D eigenvalue weighted by molar-refractivity contribution is 6.13. The molecule has 25 heavy (non-hydrogen) atoms. The quantitative estimate of drug-likeness (QED) is 0.342. The number of fused-ring (bicyclic) bond motifs is 5. The summed E-state index contributed by atoms with van der Waals surface area (Å²) < 4.78 is 13.3. The lowest BCUT2D eigenvalue weighted by atomic mass is 9.86. The van der Waals surface area contributed by atoms with Crippen LogP contribution in [0.2, 0.25) is 0 Å². The van der Waals surface area contributed by atoms with Gasteiger partial charge in [0.25, 0.3) is 0 Å². The van der Waals surface area contributed by atoms with E-state index in [4.69, 9.17) is 0 Å². The Labute approximate surface area is 146 Å². The summed E-state index contributed by atoms with van der Waals surface area (Å²) >= 11 is 0. The lowest BCUT2D eigenvalue weighted by Crippen LogP contribution is -2.03. The summed E-state index contributed by atoms with van der Waals surface area (Å²) in [6, 6.07) is 22.4. The molecule has 0 spiro atoms. The SMILES string of the molecule is Fc1ccc(-c2cccc3c2ccc2c4c(ccc23)CCCC4)cc1. The standard InChI is InChI=1S/C24H19F/c25-18-11-8-17(9-12-18)20-6-3-7-21-22(20)14-15-23-19-5-2-1-4-16(19)10-13-24(21)23/h3,6-15H,1-2,4-5H2. The molecule has 0 N–H and O–H groups in total. The van der Waals surface area contributed by atoms with Crippen LogP contribution in [0.5, 0.6) is 0 Å². The predicted molar refractivity (Wildman–Crippen MR) is 103 cm³/mol. The van der Waals surface area contributed by atoms with Gasteiger partial charge in [0, 0.05) is 0 Å². The Hall–Kier alpha value is -2.67. The number of rotatable bonds is 1. The molecule has 0 unspecified atom stereocenters. The van der Waals surface area contributed by atoms with Gasteiger partial charge in [-0.2, -0.15) is 0 Å². The Kier molecular flexibility index (Phi) is 3.34. The third-order valence-electron chi connectivity index (χ3n) is 5.55. The fraction of sp³-hybridized carbons (Fsp3) is 0.167. The van der Waals surface area contributed by atoms with Crippen molar-refractivity contribution in [3.63, 3.8) is 0 Å². The second-order valence-electron chi connectivity index (χ2n) is 6.98. The minimum atomic E-state index is -0.193. The molecule has 4 aromatic rings. The Morgan fingerprint density at radius 1 is 0.600 bits per heavy atom. The molecule has 1 heteroatoms. The third kappa shape index (κ3) is 2.34. The van der Waals surface area contributed by atoms with Crippen LogP contribution < -0.4 is 0 Å². The first-order valence-electron chi connectivity index (χ1n) is 9.03. The van der Waals surface area contributed by atoms with Crippen molar-refractivity contribution in [2.24, 2.45) is 0 Å². The Morgan fingerprint density at radius 3 is 2.20 bits per heavy atom. The van der Waals surface area contributed by atoms with Gasteiger partial charge in [0.2, 0.25) is 0 Å². The maximum absolute atomic E-state index is 13.3. The van der Waals surface area contributed by atoms with E-state index < -0.39 is 0 Å². The summed E-state index contributed by atoms with van der Waals surface area (Å²) in [6.45, 7) is 0. The van der Waals surface area contributed by atoms with Crippen LogP contribution in [0.15, 0.2) is 66.7 Å². The lowest BCUT2D eigenvalue weighted by Gasteiger charge is -2.19. The average Bonchev–Trinajstić information content (AvgIpc) is 2.67. The molecule has 0 saturated carbocycles. The van der Waals surface area contributed by atoms with Crippen LogP contribution in [0.4, 0.5) is 4.39 Å². The van der Waals surface area contributed by atoms with E-state index in [1.807, 2.05) is 12.1 Å². The van der Waals surface area contributed by atoms with Crippen molar-refractivity contribution in [2.75, 3.05) is 0 Å². The summed E-state index contributed by atoms with van der Waals surface area (Å²) in [4.78, 5) is 0. The summed E-state index contributed by atoms with van der Waals surface area (Å²) in [5.41, 5.74) is 5.28. The lowest BCUT2D eigenvalue weighted by molar-refractivity contribution is 0.628. The van der Waals surface area contributed by atoms with Gasteiger partial charge in [-0.05, 0) is 81.6 Å². The molecule has 0 atom stereocenters. The topological polar surface area (TPSA) is 0 Å². The molecule has 0 heterocycles. The van der Waals surface area contributed by atoms with Crippen LogP contribution in [-0.2, 0) is 12.8 Å². The van der Waals surface area contributed by atoms with E-state index in [-0.39, 0.29) is 5.82 Å². The third-order valence-corrected chi connectivity index (χ3v) is 5.55. The number of hydrogen-bond acceptors (Lipinski definition) is 0. The van der Waals surface area contributed by atoms with Gasteiger partial charge in [0.15, 0.2) is 0 Å². The van der Waals surface area contributed by atoms with Crippen molar-refractivity contribution in [3.8, 4) is 11.1 Å². The zero-order valence-electron chi connectivity index (χ0n) is 14.1. The first-order chi connectivity index (χ1) is 12.3. The van der Waals surface area contributed by atoms with E-state index in [9.17, 15) is 4.39 Å². The molecule has 5 rings (SSSR count). The van der Waals surface area contributed by atoms with Gasteiger partial charge < -0.3 is 0 Å². The van der Waals surface area contributed by atoms with Crippen LogP contribution >= 0.6 is 0 Å². The summed E-state index contributed by atoms with van der Waals surface area (Å²) in [7, 11) is 0. The number of benzene rings is 4. The van der Waals surface area contributed by atoms with Gasteiger partial charge >= 0.3 is 0 Å². The van der Waals surface area contributed by atoms with E-state index in [0.29, 0.717) is 0 Å². The Balaban J connectivity index is 1.80. The molecule has 0 fully saturated rings. The zero-order chi connectivity index (χ0) is 16.8. The fourth-order valence-electron chi connectivity index (χ4n) is 4.31. The average molecular weight is 326 g/mol. The minimum Gasteiger partial charge on any atom is -0.207 e. The normalized spacial score (nSPS) is 14.0. The number of aryl methyl sites for hydroxylation is 2. The van der Waals surface area contributed by atoms with Gasteiger partial charge in [-0.25, -0.2) is 4.39 Å². The fourth-order valence-corrected chi connectivity index (χ4v) is 4.31. The Morgan fingerprint density at radius 2 is 1.32 bits per heavy atom. The van der Waals surface area contributed by atoms with Crippen LogP contribution in [-0.4, -0.2) is 0 Å². The molecule has 0 aromatic heterocycles. The minimum absolute atomic E-state index is 0.193. The first kappa shape index (κ1) is 14.7. The smallest absolute Gasteiger partial charge is 0.123 e. The van der Waals surface area contributed by atoms with Crippen LogP contribution in [0.1, 0.15) is 24.0 Å². The van der Waals surface area contributed by atoms with E-state index >= 15 is 0 Å². The molecule has 0 saturated heterocycles. The maximum atomic E-state index is 13.3. The van der Waals surface area contributed by atoms with Crippen LogP contribution in [0.25, 0.3) is 32.7 Å². The van der Waals surface area contributed by atoms with E-state index in [1.165, 1.54) is 70.5 Å². The van der Waals surface area contributed by atoms with Gasteiger partial charge in [0.05, 0.1) is 0 Å². The maximum Gasteiger partial charge on any atom is 0.123 e. The highest BCUT2D eigenvalue weighted by atomic mass is 19.1. The molecular weight excluding hydrogens is 307 g/mol. The van der Waals surface area contributed by atoms with Crippen molar-refractivity contribution in [3.05, 3.63) is 83.7 Å². The van der Waals surface area contributed by atoms with Crippen molar-refractivity contribution in [1.29, 1.82) is 0 Å². The molecule has 122 valence electrons. The summed E-state index contributed by atoms with van der Waals surface area (Å²) in [5, 5.41) is 5.26. The summed E-state index contributed by atoms with van der Waals surface area (Å²) in [6.07, 6.45) is 5.00. The van der Waals surface area contributed by atoms with E-state index in [2.05, 4.69) is 42.5 Å². The first-order valence-corrected chi connectivity index (χ1v) is 9.03. The highest BCUT2D eigenvalue weighted by Gasteiger charge is 2.14. The van der Waals surface area contributed by atoms with E-state index in [1.54, 1.807) is 0 Å². The van der Waals surface area contributed by atoms with Crippen molar-refractivity contribution in [2.45, 2.75) is 25.7 Å². The summed E-state index contributed by atoms with van der Waals surface area (Å²) in [5.74, 6) is -0.193. The molecular formula is C24H19F. The van der Waals surface area contributed by atoms with Crippen LogP contribution in [0.3, 0.4) is 0 Å². The predicted octanol–water partition coefficient (Wildman–Crippen LogP) is 6.68.